The molecule has 2 aliphatic heterocycles. The van der Waals surface area contributed by atoms with Crippen LogP contribution < -0.4 is 0 Å². The van der Waals surface area contributed by atoms with E-state index in [-0.39, 0.29) is 19.1 Å². The molecular formula is C33H50N2O8. The predicted octanol–water partition coefficient (Wildman–Crippen LogP) is 5.65. The van der Waals surface area contributed by atoms with Gasteiger partial charge in [0, 0.05) is 0 Å². The SMILES string of the molecule is CC(C)C1COC(=O)N1C(=O)C(OCc1ccccc1)C(O)[C@@H]1OC(C)(C)N(C(=O)OC(C)(C)C)[C@@H]1CC1CCCCC1. The fourth-order valence-electron chi connectivity index (χ4n) is 6.55. The smallest absolute Gasteiger partial charge is 0.417 e. The number of hydrogen-bond acceptors (Lipinski definition) is 8. The number of benzene rings is 1. The average Bonchev–Trinajstić information content (AvgIpc) is 3.45. The Morgan fingerprint density at radius 3 is 2.35 bits per heavy atom. The molecule has 1 aliphatic carbocycles. The number of aliphatic hydroxyl groups excluding tert-OH is 1. The molecule has 3 unspecified atom stereocenters. The summed E-state index contributed by atoms with van der Waals surface area (Å²) >= 11 is 0. The highest BCUT2D eigenvalue weighted by atomic mass is 16.6. The number of carbonyl (C=O) groups is 3. The molecule has 0 spiro atoms. The number of aliphatic hydroxyl groups is 1. The molecule has 2 saturated heterocycles. The molecule has 10 nitrogen and oxygen atoms in total. The van der Waals surface area contributed by atoms with Crippen molar-refractivity contribution in [3.63, 3.8) is 0 Å². The van der Waals surface area contributed by atoms with Gasteiger partial charge < -0.3 is 24.1 Å². The number of amides is 3. The highest BCUT2D eigenvalue weighted by Crippen LogP contribution is 2.41. The second-order valence-electron chi connectivity index (χ2n) is 14.0. The van der Waals surface area contributed by atoms with Crippen LogP contribution in [0.2, 0.25) is 0 Å². The topological polar surface area (TPSA) is 115 Å². The van der Waals surface area contributed by atoms with Crippen LogP contribution in [0.3, 0.4) is 0 Å². The lowest BCUT2D eigenvalue weighted by Gasteiger charge is -2.37. The molecule has 0 aromatic heterocycles. The predicted molar refractivity (Wildman–Crippen MR) is 160 cm³/mol. The standard InChI is InChI=1S/C33H50N2O8/c1-21(2)25-20-41-30(38)34(25)29(37)28(40-19-23-16-12-9-13-17-23)26(36)27-24(18-22-14-10-8-11-15-22)35(33(6,7)42-27)31(39)43-32(3,4)5/h9,12-13,16-17,21-22,24-28,36H,8,10-11,14-15,18-20H2,1-7H3/t24-,25?,26?,27-,28?/m1/s1. The Hall–Kier alpha value is -2.69. The van der Waals surface area contributed by atoms with Gasteiger partial charge in [-0.05, 0) is 58.4 Å². The molecule has 1 aromatic carbocycles. The number of carbonyl (C=O) groups excluding carboxylic acids is 3. The van der Waals surface area contributed by atoms with Gasteiger partial charge in [0.1, 0.15) is 30.1 Å². The molecule has 240 valence electrons. The zero-order chi connectivity index (χ0) is 31.5. The van der Waals surface area contributed by atoms with Gasteiger partial charge in [0.25, 0.3) is 5.91 Å². The summed E-state index contributed by atoms with van der Waals surface area (Å²) in [6.45, 7) is 12.9. The Bertz CT molecular complexity index is 1110. The maximum atomic E-state index is 14.1. The Morgan fingerprint density at radius 2 is 1.74 bits per heavy atom. The fourth-order valence-corrected chi connectivity index (χ4v) is 6.55. The second-order valence-corrected chi connectivity index (χ2v) is 14.0. The molecule has 0 bridgehead atoms. The van der Waals surface area contributed by atoms with Crippen LogP contribution in [0.25, 0.3) is 0 Å². The Labute approximate surface area is 256 Å². The van der Waals surface area contributed by atoms with Crippen LogP contribution in [-0.2, 0) is 30.3 Å². The highest BCUT2D eigenvalue weighted by molar-refractivity contribution is 5.96. The third kappa shape index (κ3) is 7.88. The fraction of sp³-hybridized carbons (Fsp3) is 0.727. The molecule has 1 N–H and O–H groups in total. The largest absolute Gasteiger partial charge is 0.447 e. The first-order chi connectivity index (χ1) is 20.2. The second kappa shape index (κ2) is 13.5. The number of nitrogens with zero attached hydrogens (tertiary/aromatic N) is 2. The molecule has 5 atom stereocenters. The molecule has 2 heterocycles. The van der Waals surface area contributed by atoms with Crippen LogP contribution in [0.15, 0.2) is 30.3 Å². The van der Waals surface area contributed by atoms with Gasteiger partial charge >= 0.3 is 12.2 Å². The van der Waals surface area contributed by atoms with Gasteiger partial charge in [-0.3, -0.25) is 9.69 Å². The quantitative estimate of drug-likeness (QED) is 0.386. The van der Waals surface area contributed by atoms with Gasteiger partial charge in [-0.25, -0.2) is 14.5 Å². The van der Waals surface area contributed by atoms with Gasteiger partial charge in [0.05, 0.1) is 18.7 Å². The van der Waals surface area contributed by atoms with Crippen molar-refractivity contribution in [1.29, 1.82) is 0 Å². The Morgan fingerprint density at radius 1 is 1.09 bits per heavy atom. The van der Waals surface area contributed by atoms with E-state index in [4.69, 9.17) is 18.9 Å². The lowest BCUT2D eigenvalue weighted by molar-refractivity contribution is -0.167. The molecule has 1 saturated carbocycles. The monoisotopic (exact) mass is 602 g/mol. The van der Waals surface area contributed by atoms with E-state index in [0.717, 1.165) is 36.1 Å². The molecule has 3 fully saturated rings. The maximum Gasteiger partial charge on any atom is 0.417 e. The van der Waals surface area contributed by atoms with Crippen molar-refractivity contribution in [3.8, 4) is 0 Å². The van der Waals surface area contributed by atoms with Crippen molar-refractivity contribution in [1.82, 2.24) is 9.80 Å². The third-order valence-electron chi connectivity index (χ3n) is 8.68. The van der Waals surface area contributed by atoms with Crippen molar-refractivity contribution in [2.45, 2.75) is 135 Å². The van der Waals surface area contributed by atoms with Crippen molar-refractivity contribution in [2.75, 3.05) is 6.61 Å². The zero-order valence-corrected chi connectivity index (χ0v) is 26.8. The maximum absolute atomic E-state index is 14.1. The first-order valence-electron chi connectivity index (χ1n) is 15.7. The van der Waals surface area contributed by atoms with Crippen molar-refractivity contribution >= 4 is 18.1 Å². The summed E-state index contributed by atoms with van der Waals surface area (Å²) in [5.74, 6) is -0.419. The minimum absolute atomic E-state index is 0.0305. The van der Waals surface area contributed by atoms with Crippen LogP contribution in [0, 0.1) is 11.8 Å². The molecule has 1 aromatic rings. The summed E-state index contributed by atoms with van der Waals surface area (Å²) in [6, 6.07) is 8.25. The summed E-state index contributed by atoms with van der Waals surface area (Å²) in [4.78, 5) is 43.2. The van der Waals surface area contributed by atoms with Crippen LogP contribution >= 0.6 is 0 Å². The van der Waals surface area contributed by atoms with Gasteiger partial charge in [-0.2, -0.15) is 0 Å². The normalized spacial score (nSPS) is 26.0. The van der Waals surface area contributed by atoms with Gasteiger partial charge in [0.2, 0.25) is 0 Å². The molecule has 0 radical (unpaired) electrons. The van der Waals surface area contributed by atoms with E-state index in [1.54, 1.807) is 18.7 Å². The zero-order valence-electron chi connectivity index (χ0n) is 26.8. The average molecular weight is 603 g/mol. The number of rotatable bonds is 9. The first-order valence-corrected chi connectivity index (χ1v) is 15.7. The van der Waals surface area contributed by atoms with Gasteiger partial charge in [-0.15, -0.1) is 0 Å². The summed E-state index contributed by atoms with van der Waals surface area (Å²) in [6.07, 6.45) is 0.822. The van der Waals surface area contributed by atoms with Crippen molar-refractivity contribution in [2.24, 2.45) is 11.8 Å². The first kappa shape index (κ1) is 33.2. The minimum Gasteiger partial charge on any atom is -0.447 e. The van der Waals surface area contributed by atoms with Crippen LogP contribution in [0.4, 0.5) is 9.59 Å². The Balaban J connectivity index is 1.69. The van der Waals surface area contributed by atoms with E-state index in [2.05, 4.69) is 0 Å². The van der Waals surface area contributed by atoms with Gasteiger partial charge in [0.15, 0.2) is 6.10 Å². The number of cyclic esters (lactones) is 1. The molecule has 43 heavy (non-hydrogen) atoms. The minimum atomic E-state index is -1.49. The van der Waals surface area contributed by atoms with E-state index < -0.39 is 59.8 Å². The highest BCUT2D eigenvalue weighted by Gasteiger charge is 2.57. The molecule has 4 rings (SSSR count). The van der Waals surface area contributed by atoms with E-state index in [0.29, 0.717) is 12.3 Å². The summed E-state index contributed by atoms with van der Waals surface area (Å²) < 4.78 is 23.7. The summed E-state index contributed by atoms with van der Waals surface area (Å²) in [5.41, 5.74) is -1.06. The van der Waals surface area contributed by atoms with Crippen LogP contribution in [0.1, 0.15) is 92.6 Å². The lowest BCUT2D eigenvalue weighted by atomic mass is 9.82. The Kier molecular flexibility index (Phi) is 10.4. The number of imide groups is 1. The number of ether oxygens (including phenoxy) is 4. The summed E-state index contributed by atoms with van der Waals surface area (Å²) in [5, 5.41) is 12.1. The molecule has 3 aliphatic rings. The molecular weight excluding hydrogens is 552 g/mol. The van der Waals surface area contributed by atoms with E-state index in [1.807, 2.05) is 65.0 Å². The third-order valence-corrected chi connectivity index (χ3v) is 8.68. The van der Waals surface area contributed by atoms with Crippen LogP contribution in [-0.4, -0.2) is 81.3 Å². The van der Waals surface area contributed by atoms with Crippen LogP contribution in [0.5, 0.6) is 0 Å². The van der Waals surface area contributed by atoms with E-state index >= 15 is 0 Å². The summed E-state index contributed by atoms with van der Waals surface area (Å²) in [7, 11) is 0. The molecule has 3 amide bonds. The van der Waals surface area contributed by atoms with E-state index in [1.165, 1.54) is 6.42 Å². The van der Waals surface area contributed by atoms with Gasteiger partial charge in [-0.1, -0.05) is 76.3 Å². The number of hydrogen-bond donors (Lipinski definition) is 1. The lowest BCUT2D eigenvalue weighted by Crippen LogP contribution is -2.56. The van der Waals surface area contributed by atoms with Crippen molar-refractivity contribution < 1.29 is 38.4 Å². The van der Waals surface area contributed by atoms with Crippen molar-refractivity contribution in [3.05, 3.63) is 35.9 Å². The van der Waals surface area contributed by atoms with E-state index in [9.17, 15) is 19.5 Å². The molecule has 10 heteroatoms.